The summed E-state index contributed by atoms with van der Waals surface area (Å²) < 4.78 is 16.2. The molecule has 0 amide bonds. The molecule has 1 aliphatic heterocycles. The Kier molecular flexibility index (Phi) is 4.44. The first-order valence-electron chi connectivity index (χ1n) is 7.73. The molecule has 1 heterocycles. The molecule has 0 saturated carbocycles. The van der Waals surface area contributed by atoms with Crippen LogP contribution in [0.2, 0.25) is 0 Å². The van der Waals surface area contributed by atoms with Gasteiger partial charge < -0.3 is 19.1 Å². The van der Waals surface area contributed by atoms with Gasteiger partial charge >= 0.3 is 0 Å². The number of methoxy groups -OCH3 is 3. The van der Waals surface area contributed by atoms with Gasteiger partial charge in [-0.15, -0.1) is 0 Å². The zero-order valence-electron chi connectivity index (χ0n) is 14.1. The molecule has 0 N–H and O–H groups in total. The van der Waals surface area contributed by atoms with Gasteiger partial charge in [0.25, 0.3) is 0 Å². The van der Waals surface area contributed by atoms with Crippen molar-refractivity contribution in [2.45, 2.75) is 12.5 Å². The van der Waals surface area contributed by atoms with Crippen LogP contribution in [0.15, 0.2) is 36.4 Å². The van der Waals surface area contributed by atoms with Gasteiger partial charge in [-0.25, -0.2) is 0 Å². The zero-order chi connectivity index (χ0) is 16.4. The minimum absolute atomic E-state index is 0.314. The maximum absolute atomic E-state index is 5.49. The summed E-state index contributed by atoms with van der Waals surface area (Å²) in [6, 6.07) is 12.5. The number of likely N-dealkylation sites (N-methyl/N-ethyl adjacent to an activating group) is 1. The second-order valence-electron chi connectivity index (χ2n) is 5.93. The van der Waals surface area contributed by atoms with Crippen molar-refractivity contribution in [3.63, 3.8) is 0 Å². The normalized spacial score (nSPS) is 17.5. The average Bonchev–Trinajstić information content (AvgIpc) is 2.59. The second kappa shape index (κ2) is 6.50. The second-order valence-corrected chi connectivity index (χ2v) is 5.93. The smallest absolute Gasteiger partial charge is 0.161 e. The lowest BCUT2D eigenvalue weighted by Crippen LogP contribution is -2.31. The summed E-state index contributed by atoms with van der Waals surface area (Å²) in [5.74, 6) is 2.77. The molecular weight excluding hydrogens is 290 g/mol. The zero-order valence-corrected chi connectivity index (χ0v) is 14.1. The maximum atomic E-state index is 5.49. The highest BCUT2D eigenvalue weighted by Crippen LogP contribution is 2.39. The van der Waals surface area contributed by atoms with Crippen LogP contribution in [0.25, 0.3) is 0 Å². The molecule has 0 aromatic heterocycles. The Bertz CT molecular complexity index is 682. The Labute approximate surface area is 137 Å². The van der Waals surface area contributed by atoms with Crippen LogP contribution in [0.4, 0.5) is 0 Å². The first-order chi connectivity index (χ1) is 11.2. The molecular formula is C19H23NO3. The molecule has 0 saturated heterocycles. The molecule has 1 atom stereocenters. The van der Waals surface area contributed by atoms with Crippen molar-refractivity contribution in [3.8, 4) is 17.2 Å². The highest BCUT2D eigenvalue weighted by Gasteiger charge is 2.26. The van der Waals surface area contributed by atoms with Crippen molar-refractivity contribution >= 4 is 0 Å². The Balaban J connectivity index is 2.06. The van der Waals surface area contributed by atoms with Crippen LogP contribution in [-0.4, -0.2) is 39.8 Å². The Morgan fingerprint density at radius 2 is 1.57 bits per heavy atom. The van der Waals surface area contributed by atoms with Crippen molar-refractivity contribution in [1.82, 2.24) is 4.90 Å². The summed E-state index contributed by atoms with van der Waals surface area (Å²) >= 11 is 0. The van der Waals surface area contributed by atoms with Crippen molar-refractivity contribution in [3.05, 3.63) is 53.1 Å². The number of ether oxygens (including phenoxy) is 3. The number of rotatable bonds is 4. The van der Waals surface area contributed by atoms with Gasteiger partial charge in [0.15, 0.2) is 11.5 Å². The number of hydrogen-bond acceptors (Lipinski definition) is 4. The van der Waals surface area contributed by atoms with E-state index in [0.717, 1.165) is 30.3 Å². The van der Waals surface area contributed by atoms with Gasteiger partial charge in [-0.1, -0.05) is 12.1 Å². The summed E-state index contributed by atoms with van der Waals surface area (Å²) in [4.78, 5) is 2.34. The third-order valence-corrected chi connectivity index (χ3v) is 4.47. The molecule has 4 nitrogen and oxygen atoms in total. The lowest BCUT2D eigenvalue weighted by molar-refractivity contribution is 0.291. The van der Waals surface area contributed by atoms with E-state index in [4.69, 9.17) is 14.2 Å². The summed E-state index contributed by atoms with van der Waals surface area (Å²) in [7, 11) is 7.20. The summed E-state index contributed by atoms with van der Waals surface area (Å²) in [5.41, 5.74) is 3.88. The highest BCUT2D eigenvalue weighted by molar-refractivity contribution is 5.52. The SMILES string of the molecule is COc1ccc([C@@H]2CN(C)Cc3cc(OC)c(OC)cc32)cc1. The van der Waals surface area contributed by atoms with Gasteiger partial charge in [0.1, 0.15) is 5.75 Å². The van der Waals surface area contributed by atoms with Gasteiger partial charge in [-0.2, -0.15) is 0 Å². The van der Waals surface area contributed by atoms with Crippen LogP contribution in [0.1, 0.15) is 22.6 Å². The van der Waals surface area contributed by atoms with E-state index in [1.54, 1.807) is 21.3 Å². The third-order valence-electron chi connectivity index (χ3n) is 4.47. The van der Waals surface area contributed by atoms with Crippen molar-refractivity contribution in [1.29, 1.82) is 0 Å². The van der Waals surface area contributed by atoms with E-state index in [9.17, 15) is 0 Å². The van der Waals surface area contributed by atoms with E-state index < -0.39 is 0 Å². The van der Waals surface area contributed by atoms with Crippen LogP contribution in [0.3, 0.4) is 0 Å². The summed E-state index contributed by atoms with van der Waals surface area (Å²) in [5, 5.41) is 0. The van der Waals surface area contributed by atoms with E-state index in [-0.39, 0.29) is 0 Å². The van der Waals surface area contributed by atoms with Crippen LogP contribution >= 0.6 is 0 Å². The summed E-state index contributed by atoms with van der Waals surface area (Å²) in [6.45, 7) is 1.90. The third kappa shape index (κ3) is 2.99. The van der Waals surface area contributed by atoms with E-state index in [1.807, 2.05) is 12.1 Å². The van der Waals surface area contributed by atoms with Crippen molar-refractivity contribution in [2.24, 2.45) is 0 Å². The van der Waals surface area contributed by atoms with Crippen LogP contribution in [0.5, 0.6) is 17.2 Å². The molecule has 0 spiro atoms. The molecule has 2 aromatic rings. The van der Waals surface area contributed by atoms with E-state index >= 15 is 0 Å². The molecule has 122 valence electrons. The van der Waals surface area contributed by atoms with Gasteiger partial charge in [-0.3, -0.25) is 0 Å². The van der Waals surface area contributed by atoms with Crippen LogP contribution in [-0.2, 0) is 6.54 Å². The molecule has 23 heavy (non-hydrogen) atoms. The van der Waals surface area contributed by atoms with E-state index in [1.165, 1.54) is 16.7 Å². The molecule has 3 rings (SSSR count). The van der Waals surface area contributed by atoms with Crippen molar-refractivity contribution < 1.29 is 14.2 Å². The molecule has 0 radical (unpaired) electrons. The molecule has 0 aliphatic carbocycles. The van der Waals surface area contributed by atoms with Gasteiger partial charge in [-0.05, 0) is 48.0 Å². The fourth-order valence-electron chi connectivity index (χ4n) is 3.28. The van der Waals surface area contributed by atoms with Crippen LogP contribution in [0, 0.1) is 0 Å². The largest absolute Gasteiger partial charge is 0.497 e. The number of benzene rings is 2. The molecule has 0 fully saturated rings. The summed E-state index contributed by atoms with van der Waals surface area (Å²) in [6.07, 6.45) is 0. The van der Waals surface area contributed by atoms with Gasteiger partial charge in [0.05, 0.1) is 21.3 Å². The molecule has 1 aliphatic rings. The maximum Gasteiger partial charge on any atom is 0.161 e. The number of nitrogens with zero attached hydrogens (tertiary/aromatic N) is 1. The predicted octanol–water partition coefficient (Wildman–Crippen LogP) is 3.29. The van der Waals surface area contributed by atoms with E-state index in [2.05, 4.69) is 36.2 Å². The fraction of sp³-hybridized carbons (Fsp3) is 0.368. The molecule has 2 aromatic carbocycles. The number of fused-ring (bicyclic) bond motifs is 1. The lowest BCUT2D eigenvalue weighted by atomic mass is 9.84. The van der Waals surface area contributed by atoms with Gasteiger partial charge in [0.2, 0.25) is 0 Å². The Hall–Kier alpha value is -2.20. The Morgan fingerprint density at radius 3 is 2.17 bits per heavy atom. The standard InChI is InChI=1S/C19H23NO3/c1-20-11-14-9-18(22-3)19(23-4)10-16(14)17(12-20)13-5-7-15(21-2)8-6-13/h5-10,17H,11-12H2,1-4H3/t17-/m0/s1. The molecule has 0 bridgehead atoms. The quantitative estimate of drug-likeness (QED) is 0.867. The highest BCUT2D eigenvalue weighted by atomic mass is 16.5. The average molecular weight is 313 g/mol. The monoisotopic (exact) mass is 313 g/mol. The topological polar surface area (TPSA) is 30.9 Å². The Morgan fingerprint density at radius 1 is 0.913 bits per heavy atom. The van der Waals surface area contributed by atoms with Crippen LogP contribution < -0.4 is 14.2 Å². The first kappa shape index (κ1) is 15.7. The van der Waals surface area contributed by atoms with Gasteiger partial charge in [0, 0.05) is 19.0 Å². The first-order valence-corrected chi connectivity index (χ1v) is 7.73. The minimum atomic E-state index is 0.314. The fourth-order valence-corrected chi connectivity index (χ4v) is 3.28. The van der Waals surface area contributed by atoms with Crippen molar-refractivity contribution in [2.75, 3.05) is 34.9 Å². The lowest BCUT2D eigenvalue weighted by Gasteiger charge is -2.33. The van der Waals surface area contributed by atoms with E-state index in [0.29, 0.717) is 5.92 Å². The molecule has 4 heteroatoms. The molecule has 0 unspecified atom stereocenters. The minimum Gasteiger partial charge on any atom is -0.497 e. The number of hydrogen-bond donors (Lipinski definition) is 0. The predicted molar refractivity (Wildman–Crippen MR) is 90.7 cm³/mol.